The topological polar surface area (TPSA) is 47.5 Å². The van der Waals surface area contributed by atoms with E-state index in [1.165, 1.54) is 49.8 Å². The molecule has 1 saturated heterocycles. The number of ketones is 1. The summed E-state index contributed by atoms with van der Waals surface area (Å²) < 4.78 is 0. The summed E-state index contributed by atoms with van der Waals surface area (Å²) in [4.78, 5) is 13.8. The van der Waals surface area contributed by atoms with Crippen molar-refractivity contribution in [2.45, 2.75) is 63.3 Å². The largest absolute Gasteiger partial charge is 0.305 e. The van der Waals surface area contributed by atoms with Gasteiger partial charge in [0.15, 0.2) is 11.3 Å². The number of quaternary nitrogens is 1. The molecule has 0 aromatic heterocycles. The van der Waals surface area contributed by atoms with E-state index >= 15 is 0 Å². The lowest BCUT2D eigenvalue weighted by atomic mass is 9.70. The molecule has 0 bridgehead atoms. The van der Waals surface area contributed by atoms with Crippen molar-refractivity contribution >= 4 is 17.5 Å². The molecule has 0 amide bonds. The van der Waals surface area contributed by atoms with Crippen LogP contribution in [0.1, 0.15) is 57.8 Å². The molecule has 1 heterocycles. The molecule has 3 rings (SSSR count). The molecule has 0 aromatic rings. The number of carbonyl (C=O) groups is 1. The first-order valence-corrected chi connectivity index (χ1v) is 10.0. The third-order valence-electron chi connectivity index (χ3n) is 6.07. The Labute approximate surface area is 133 Å². The molecule has 2 unspecified atom stereocenters. The van der Waals surface area contributed by atoms with Crippen LogP contribution in [0, 0.1) is 17.8 Å². The highest BCUT2D eigenvalue weighted by molar-refractivity contribution is 7.99. The second-order valence-electron chi connectivity index (χ2n) is 7.35. The van der Waals surface area contributed by atoms with E-state index in [-0.39, 0.29) is 5.50 Å². The smallest absolute Gasteiger partial charge is 0.189 e. The molecule has 3 fully saturated rings. The van der Waals surface area contributed by atoms with Crippen LogP contribution in [-0.2, 0) is 4.79 Å². The van der Waals surface area contributed by atoms with Gasteiger partial charge < -0.3 is 4.90 Å². The number of nitrogens with two attached hydrogens (primary N) is 1. The van der Waals surface area contributed by atoms with Crippen LogP contribution in [-0.4, -0.2) is 30.1 Å². The van der Waals surface area contributed by atoms with Gasteiger partial charge in [0.2, 0.25) is 0 Å². The van der Waals surface area contributed by atoms with E-state index in [2.05, 4.69) is 0 Å². The highest BCUT2D eigenvalue weighted by Gasteiger charge is 2.34. The van der Waals surface area contributed by atoms with E-state index in [0.717, 1.165) is 37.0 Å². The first-order valence-electron chi connectivity index (χ1n) is 8.98. The molecular weight excluding hydrogens is 280 g/mol. The zero-order chi connectivity index (χ0) is 14.7. The number of rotatable bonds is 4. The summed E-state index contributed by atoms with van der Waals surface area (Å²) in [5.41, 5.74) is 6.18. The van der Waals surface area contributed by atoms with E-state index in [0.29, 0.717) is 18.2 Å². The molecule has 120 valence electrons. The highest BCUT2D eigenvalue weighted by Crippen LogP contribution is 2.39. The van der Waals surface area contributed by atoms with Crippen LogP contribution < -0.4 is 10.6 Å². The predicted molar refractivity (Wildman–Crippen MR) is 88.2 cm³/mol. The van der Waals surface area contributed by atoms with Gasteiger partial charge in [0.1, 0.15) is 6.54 Å². The fourth-order valence-corrected chi connectivity index (χ4v) is 5.72. The Bertz CT molecular complexity index is 349. The van der Waals surface area contributed by atoms with Crippen molar-refractivity contribution in [1.29, 1.82) is 0 Å². The second kappa shape index (κ2) is 7.47. The SMILES string of the molecule is NC1SCC[NH+]1CC(=O)C1CCC(C2CCCCC2)CC1. The number of hydrogen-bond acceptors (Lipinski definition) is 3. The molecule has 1 aliphatic heterocycles. The molecule has 3 N–H and O–H groups in total. The maximum Gasteiger partial charge on any atom is 0.189 e. The van der Waals surface area contributed by atoms with Gasteiger partial charge in [0.05, 0.1) is 6.54 Å². The van der Waals surface area contributed by atoms with Crippen molar-refractivity contribution in [2.24, 2.45) is 23.5 Å². The fraction of sp³-hybridized carbons (Fsp3) is 0.941. The molecule has 2 atom stereocenters. The predicted octanol–water partition coefficient (Wildman–Crippen LogP) is 1.82. The van der Waals surface area contributed by atoms with E-state index in [1.54, 1.807) is 11.8 Å². The van der Waals surface area contributed by atoms with Gasteiger partial charge in [-0.2, -0.15) is 0 Å². The van der Waals surface area contributed by atoms with Crippen molar-refractivity contribution in [3.05, 3.63) is 0 Å². The Hall–Kier alpha value is -0.0600. The Morgan fingerprint density at radius 2 is 1.67 bits per heavy atom. The van der Waals surface area contributed by atoms with Crippen LogP contribution in [0.15, 0.2) is 0 Å². The number of nitrogens with one attached hydrogen (secondary N) is 1. The Kier molecular flexibility index (Phi) is 5.63. The van der Waals surface area contributed by atoms with Gasteiger partial charge in [-0.15, -0.1) is 0 Å². The summed E-state index contributed by atoms with van der Waals surface area (Å²) in [7, 11) is 0. The van der Waals surface area contributed by atoms with Crippen molar-refractivity contribution in [1.82, 2.24) is 0 Å². The van der Waals surface area contributed by atoms with Crippen LogP contribution in [0.3, 0.4) is 0 Å². The average Bonchev–Trinajstić information content (AvgIpc) is 2.93. The lowest BCUT2D eigenvalue weighted by molar-refractivity contribution is -0.894. The average molecular weight is 312 g/mol. The number of thioether (sulfide) groups is 1. The van der Waals surface area contributed by atoms with Crippen LogP contribution in [0.5, 0.6) is 0 Å². The molecular formula is C17H31N2OS+. The van der Waals surface area contributed by atoms with Gasteiger partial charge in [-0.05, 0) is 37.5 Å². The van der Waals surface area contributed by atoms with Crippen molar-refractivity contribution in [3.8, 4) is 0 Å². The first kappa shape index (κ1) is 15.8. The van der Waals surface area contributed by atoms with Gasteiger partial charge >= 0.3 is 0 Å². The number of hydrogen-bond donors (Lipinski definition) is 2. The number of carbonyl (C=O) groups excluding carboxylic acids is 1. The fourth-order valence-electron chi connectivity index (χ4n) is 4.65. The minimum atomic E-state index is 0.132. The van der Waals surface area contributed by atoms with Crippen molar-refractivity contribution < 1.29 is 9.69 Å². The zero-order valence-corrected chi connectivity index (χ0v) is 14.0. The van der Waals surface area contributed by atoms with Gasteiger partial charge in [-0.1, -0.05) is 43.9 Å². The van der Waals surface area contributed by atoms with Crippen LogP contribution >= 0.6 is 11.8 Å². The zero-order valence-electron chi connectivity index (χ0n) is 13.2. The van der Waals surface area contributed by atoms with Gasteiger partial charge in [-0.25, -0.2) is 0 Å². The van der Waals surface area contributed by atoms with Crippen LogP contribution in [0.2, 0.25) is 0 Å². The van der Waals surface area contributed by atoms with Crippen LogP contribution in [0.4, 0.5) is 0 Å². The van der Waals surface area contributed by atoms with E-state index < -0.39 is 0 Å². The summed E-state index contributed by atoms with van der Waals surface area (Å²) in [6, 6.07) is 0. The third-order valence-corrected chi connectivity index (χ3v) is 7.20. The van der Waals surface area contributed by atoms with Crippen molar-refractivity contribution in [2.75, 3.05) is 18.8 Å². The Morgan fingerprint density at radius 1 is 1.00 bits per heavy atom. The molecule has 4 heteroatoms. The van der Waals surface area contributed by atoms with Gasteiger partial charge in [-0.3, -0.25) is 10.5 Å². The molecule has 0 spiro atoms. The summed E-state index contributed by atoms with van der Waals surface area (Å²) in [6.07, 6.45) is 12.1. The van der Waals surface area contributed by atoms with Gasteiger partial charge in [0, 0.05) is 11.7 Å². The standard InChI is InChI=1S/C17H30N2OS/c18-17-19(10-11-21-17)12-16(20)15-8-6-14(7-9-15)13-4-2-1-3-5-13/h13-15,17H,1-12,18H2/p+1. The molecule has 0 radical (unpaired) electrons. The monoisotopic (exact) mass is 311 g/mol. The molecule has 3 aliphatic rings. The summed E-state index contributed by atoms with van der Waals surface area (Å²) in [6.45, 7) is 1.74. The Morgan fingerprint density at radius 3 is 2.29 bits per heavy atom. The molecule has 21 heavy (non-hydrogen) atoms. The molecule has 0 aromatic carbocycles. The summed E-state index contributed by atoms with van der Waals surface area (Å²) in [5, 5.41) is 0. The maximum atomic E-state index is 12.5. The third kappa shape index (κ3) is 4.02. The first-order chi connectivity index (χ1) is 10.2. The molecule has 2 saturated carbocycles. The normalized spacial score (nSPS) is 38.5. The van der Waals surface area contributed by atoms with Crippen LogP contribution in [0.25, 0.3) is 0 Å². The van der Waals surface area contributed by atoms with E-state index in [4.69, 9.17) is 5.73 Å². The van der Waals surface area contributed by atoms with E-state index in [1.807, 2.05) is 0 Å². The quantitative estimate of drug-likeness (QED) is 0.832. The summed E-state index contributed by atoms with van der Waals surface area (Å²) >= 11 is 1.80. The maximum absolute atomic E-state index is 12.5. The van der Waals surface area contributed by atoms with Gasteiger partial charge in [0.25, 0.3) is 0 Å². The highest BCUT2D eigenvalue weighted by atomic mass is 32.2. The van der Waals surface area contributed by atoms with E-state index in [9.17, 15) is 4.79 Å². The van der Waals surface area contributed by atoms with Crippen molar-refractivity contribution in [3.63, 3.8) is 0 Å². The molecule has 3 nitrogen and oxygen atoms in total. The minimum Gasteiger partial charge on any atom is -0.305 e. The minimum absolute atomic E-state index is 0.132. The number of Topliss-reactive ketones (excluding diaryl/α,β-unsaturated/α-hetero) is 1. The summed E-state index contributed by atoms with van der Waals surface area (Å²) in [5.74, 6) is 3.84. The second-order valence-corrected chi connectivity index (χ2v) is 8.60. The lowest BCUT2D eigenvalue weighted by Crippen LogP contribution is -3.16. The lowest BCUT2D eigenvalue weighted by Gasteiger charge is -2.35. The molecule has 2 aliphatic carbocycles. The Balaban J connectivity index is 1.43.